The van der Waals surface area contributed by atoms with Gasteiger partial charge in [-0.05, 0) is 80.6 Å². The smallest absolute Gasteiger partial charge is 0.254 e. The standard InChI is InChI=1S/C34H40ClN7O3/c1-23-20-26(9-10-27(23)33(43)41-15-17-42(18-16-41)34(44)30-7-5-14-37-30)40-32-29(6-3-4-13-38-32)39-22-24(2)25-8-11-31(28(35)21-25)45-19-12-36/h4,8-11,13,20-21,24,30,37H,3,5-7,14-19,22H2,1-2H3,(H,38,40)/b39-29+. The van der Waals surface area contributed by atoms with E-state index in [9.17, 15) is 9.59 Å². The number of rotatable bonds is 8. The van der Waals surface area contributed by atoms with Gasteiger partial charge in [0.2, 0.25) is 5.91 Å². The van der Waals surface area contributed by atoms with Crippen molar-refractivity contribution in [3.05, 3.63) is 70.4 Å². The fourth-order valence-corrected chi connectivity index (χ4v) is 6.05. The van der Waals surface area contributed by atoms with E-state index < -0.39 is 0 Å². The highest BCUT2D eigenvalue weighted by Crippen LogP contribution is 2.29. The van der Waals surface area contributed by atoms with E-state index in [1.807, 2.05) is 59.2 Å². The molecule has 2 atom stereocenters. The van der Waals surface area contributed by atoms with Gasteiger partial charge in [0.25, 0.3) is 5.91 Å². The van der Waals surface area contributed by atoms with Gasteiger partial charge >= 0.3 is 0 Å². The van der Waals surface area contributed by atoms with Crippen molar-refractivity contribution in [2.75, 3.05) is 51.2 Å². The Labute approximate surface area is 269 Å². The number of hydrogen-bond acceptors (Lipinski definition) is 8. The maximum absolute atomic E-state index is 13.4. The number of anilines is 1. The number of nitriles is 1. The van der Waals surface area contributed by atoms with Crippen molar-refractivity contribution in [1.82, 2.24) is 15.1 Å². The Morgan fingerprint density at radius 2 is 2.00 bits per heavy atom. The van der Waals surface area contributed by atoms with E-state index in [2.05, 4.69) is 22.5 Å². The van der Waals surface area contributed by atoms with Crippen LogP contribution < -0.4 is 15.4 Å². The SMILES string of the molecule is Cc1cc(NC2=NC=CCC/C2=N\CC(C)c2ccc(OCC#N)c(Cl)c2)ccc1C(=O)N1CCN(C(=O)C2CCCN2)CC1. The Kier molecular flexibility index (Phi) is 10.9. The topological polar surface area (TPSA) is 122 Å². The van der Waals surface area contributed by atoms with Gasteiger partial charge in [0, 0.05) is 56.1 Å². The van der Waals surface area contributed by atoms with Crippen LogP contribution >= 0.6 is 11.6 Å². The summed E-state index contributed by atoms with van der Waals surface area (Å²) < 4.78 is 5.36. The van der Waals surface area contributed by atoms with Crippen LogP contribution in [0.25, 0.3) is 0 Å². The first kappa shape index (κ1) is 32.2. The average molecular weight is 630 g/mol. The van der Waals surface area contributed by atoms with Gasteiger partial charge < -0.3 is 25.2 Å². The van der Waals surface area contributed by atoms with Gasteiger partial charge in [-0.15, -0.1) is 0 Å². The fraction of sp³-hybridized carbons (Fsp3) is 0.441. The van der Waals surface area contributed by atoms with Crippen molar-refractivity contribution in [3.63, 3.8) is 0 Å². The number of carbonyl (C=O) groups is 2. The number of aliphatic imine (C=N–C) groups is 2. The molecule has 2 unspecified atom stereocenters. The molecule has 2 amide bonds. The van der Waals surface area contributed by atoms with Crippen LogP contribution in [0, 0.1) is 18.3 Å². The first-order valence-electron chi connectivity index (χ1n) is 15.6. The summed E-state index contributed by atoms with van der Waals surface area (Å²) in [5.74, 6) is 1.42. The maximum Gasteiger partial charge on any atom is 0.254 e. The van der Waals surface area contributed by atoms with Crippen LogP contribution in [0.15, 0.2) is 58.7 Å². The first-order chi connectivity index (χ1) is 21.8. The summed E-state index contributed by atoms with van der Waals surface area (Å²) in [5.41, 5.74) is 4.27. The Bertz CT molecular complexity index is 1530. The molecule has 236 valence electrons. The summed E-state index contributed by atoms with van der Waals surface area (Å²) >= 11 is 6.37. The van der Waals surface area contributed by atoms with Crippen LogP contribution in [0.3, 0.4) is 0 Å². The minimum absolute atomic E-state index is 0.0131. The lowest BCUT2D eigenvalue weighted by Crippen LogP contribution is -2.54. The Morgan fingerprint density at radius 3 is 2.71 bits per heavy atom. The van der Waals surface area contributed by atoms with E-state index in [4.69, 9.17) is 26.6 Å². The van der Waals surface area contributed by atoms with Crippen molar-refractivity contribution in [3.8, 4) is 11.8 Å². The third-order valence-electron chi connectivity index (χ3n) is 8.46. The molecule has 0 aliphatic carbocycles. The van der Waals surface area contributed by atoms with Crippen molar-refractivity contribution in [2.45, 2.75) is 51.5 Å². The number of aryl methyl sites for hydroxylation is 1. The van der Waals surface area contributed by atoms with Gasteiger partial charge in [-0.25, -0.2) is 4.99 Å². The lowest BCUT2D eigenvalue weighted by molar-refractivity contribution is -0.134. The molecule has 3 aliphatic heterocycles. The number of nitrogens with one attached hydrogen (secondary N) is 2. The maximum atomic E-state index is 13.4. The molecule has 0 radical (unpaired) electrons. The molecule has 3 aliphatic rings. The zero-order chi connectivity index (χ0) is 31.8. The molecule has 2 saturated heterocycles. The van der Waals surface area contributed by atoms with Crippen LogP contribution in [0.2, 0.25) is 5.02 Å². The molecular weight excluding hydrogens is 590 g/mol. The minimum Gasteiger partial charge on any atom is -0.477 e. The average Bonchev–Trinajstić information content (AvgIpc) is 3.50. The van der Waals surface area contributed by atoms with Crippen molar-refractivity contribution in [2.24, 2.45) is 9.98 Å². The summed E-state index contributed by atoms with van der Waals surface area (Å²) in [7, 11) is 0. The molecule has 3 heterocycles. The van der Waals surface area contributed by atoms with Crippen LogP contribution in [-0.4, -0.2) is 85.1 Å². The summed E-state index contributed by atoms with van der Waals surface area (Å²) in [6, 6.07) is 13.2. The summed E-state index contributed by atoms with van der Waals surface area (Å²) in [6.07, 6.45) is 7.32. The van der Waals surface area contributed by atoms with Crippen LogP contribution in [0.5, 0.6) is 5.75 Å². The largest absolute Gasteiger partial charge is 0.477 e. The molecule has 2 aromatic rings. The van der Waals surface area contributed by atoms with E-state index in [1.165, 1.54) is 0 Å². The van der Waals surface area contributed by atoms with Gasteiger partial charge in [-0.3, -0.25) is 14.6 Å². The summed E-state index contributed by atoms with van der Waals surface area (Å²) in [6.45, 7) is 7.60. The number of carbonyl (C=O) groups excluding carboxylic acids is 2. The van der Waals surface area contributed by atoms with Gasteiger partial charge in [-0.2, -0.15) is 5.26 Å². The number of halogens is 1. The second-order valence-electron chi connectivity index (χ2n) is 11.6. The van der Waals surface area contributed by atoms with Crippen molar-refractivity contribution in [1.29, 1.82) is 5.26 Å². The molecule has 5 rings (SSSR count). The predicted octanol–water partition coefficient (Wildman–Crippen LogP) is 4.95. The Hall–Kier alpha value is -4.20. The summed E-state index contributed by atoms with van der Waals surface area (Å²) in [4.78, 5) is 39.5. The highest BCUT2D eigenvalue weighted by molar-refractivity contribution is 6.45. The molecule has 2 N–H and O–H groups in total. The number of nitrogens with zero attached hydrogens (tertiary/aromatic N) is 5. The fourth-order valence-electron chi connectivity index (χ4n) is 5.81. The van der Waals surface area contributed by atoms with E-state index in [0.717, 1.165) is 54.8 Å². The Balaban J connectivity index is 1.20. The number of ether oxygens (including phenoxy) is 1. The van der Waals surface area contributed by atoms with Gasteiger partial charge in [-0.1, -0.05) is 30.7 Å². The van der Waals surface area contributed by atoms with Crippen molar-refractivity contribution >= 4 is 40.6 Å². The second kappa shape index (κ2) is 15.2. The third kappa shape index (κ3) is 8.10. The number of benzene rings is 2. The number of piperazine rings is 1. The van der Waals surface area contributed by atoms with Crippen molar-refractivity contribution < 1.29 is 14.3 Å². The normalized spacial score (nSPS) is 19.9. The highest BCUT2D eigenvalue weighted by atomic mass is 35.5. The van der Waals surface area contributed by atoms with E-state index in [-0.39, 0.29) is 30.4 Å². The quantitative estimate of drug-likeness (QED) is 0.426. The van der Waals surface area contributed by atoms with E-state index in [1.54, 1.807) is 12.3 Å². The molecule has 2 fully saturated rings. The zero-order valence-corrected chi connectivity index (χ0v) is 26.6. The highest BCUT2D eigenvalue weighted by Gasteiger charge is 2.31. The van der Waals surface area contributed by atoms with E-state index in [0.29, 0.717) is 54.9 Å². The van der Waals surface area contributed by atoms with Crippen LogP contribution in [-0.2, 0) is 4.79 Å². The number of amidine groups is 1. The van der Waals surface area contributed by atoms with Crippen LogP contribution in [0.4, 0.5) is 5.69 Å². The molecule has 0 spiro atoms. The molecular formula is C34H40ClN7O3. The molecule has 45 heavy (non-hydrogen) atoms. The number of amides is 2. The lowest BCUT2D eigenvalue weighted by atomic mass is 10.0. The van der Waals surface area contributed by atoms with Gasteiger partial charge in [0.1, 0.15) is 11.8 Å². The predicted molar refractivity (Wildman–Crippen MR) is 177 cm³/mol. The number of hydrogen-bond donors (Lipinski definition) is 2. The Morgan fingerprint density at radius 1 is 1.20 bits per heavy atom. The van der Waals surface area contributed by atoms with Gasteiger partial charge in [0.15, 0.2) is 12.4 Å². The minimum atomic E-state index is -0.0783. The third-order valence-corrected chi connectivity index (χ3v) is 8.76. The number of allylic oxidation sites excluding steroid dienone is 1. The molecule has 2 aromatic carbocycles. The molecule has 0 aromatic heterocycles. The monoisotopic (exact) mass is 629 g/mol. The molecule has 10 nitrogen and oxygen atoms in total. The molecule has 0 bridgehead atoms. The van der Waals surface area contributed by atoms with Crippen LogP contribution in [0.1, 0.15) is 60.0 Å². The summed E-state index contributed by atoms with van der Waals surface area (Å²) in [5, 5.41) is 15.9. The first-order valence-corrected chi connectivity index (χ1v) is 16.0. The molecule has 0 saturated carbocycles. The van der Waals surface area contributed by atoms with E-state index >= 15 is 0 Å². The molecule has 11 heteroatoms. The zero-order valence-electron chi connectivity index (χ0n) is 25.9. The lowest BCUT2D eigenvalue weighted by Gasteiger charge is -2.36. The van der Waals surface area contributed by atoms with Gasteiger partial charge in [0.05, 0.1) is 16.8 Å². The second-order valence-corrected chi connectivity index (χ2v) is 12.1.